The average molecular weight is 225 g/mol. The zero-order valence-corrected chi connectivity index (χ0v) is 10.1. The predicted octanol–water partition coefficient (Wildman–Crippen LogP) is 1.60. The predicted molar refractivity (Wildman–Crippen MR) is 61.5 cm³/mol. The van der Waals surface area contributed by atoms with Crippen LogP contribution in [-0.2, 0) is 6.42 Å². The highest BCUT2D eigenvalue weighted by molar-refractivity contribution is 5.91. The van der Waals surface area contributed by atoms with Crippen LogP contribution in [0, 0.1) is 6.92 Å². The zero-order valence-electron chi connectivity index (χ0n) is 10.1. The second kappa shape index (κ2) is 5.70. The van der Waals surface area contributed by atoms with Crippen LogP contribution in [0.3, 0.4) is 0 Å². The summed E-state index contributed by atoms with van der Waals surface area (Å²) in [7, 11) is 0. The molecule has 1 heterocycles. The van der Waals surface area contributed by atoms with Crippen molar-refractivity contribution in [2.75, 3.05) is 19.7 Å². The maximum Gasteiger partial charge on any atom is 0.289 e. The summed E-state index contributed by atoms with van der Waals surface area (Å²) >= 11 is 0. The van der Waals surface area contributed by atoms with Crippen LogP contribution in [0.5, 0.6) is 0 Å². The number of furan rings is 1. The van der Waals surface area contributed by atoms with Crippen LogP contribution < -0.4 is 0 Å². The maximum atomic E-state index is 12.0. The Morgan fingerprint density at radius 2 is 2.19 bits per heavy atom. The molecule has 0 radical (unpaired) electrons. The van der Waals surface area contributed by atoms with Crippen molar-refractivity contribution in [3.8, 4) is 0 Å². The van der Waals surface area contributed by atoms with Gasteiger partial charge in [0.1, 0.15) is 5.76 Å². The maximum absolute atomic E-state index is 12.0. The molecule has 0 aromatic carbocycles. The molecule has 1 rings (SSSR count). The fourth-order valence-electron chi connectivity index (χ4n) is 1.66. The summed E-state index contributed by atoms with van der Waals surface area (Å²) in [6.45, 7) is 6.69. The van der Waals surface area contributed by atoms with Gasteiger partial charge in [-0.05, 0) is 25.5 Å². The van der Waals surface area contributed by atoms with Gasteiger partial charge in [0.05, 0.1) is 6.61 Å². The summed E-state index contributed by atoms with van der Waals surface area (Å²) in [5.74, 6) is 1.06. The van der Waals surface area contributed by atoms with Gasteiger partial charge in [-0.25, -0.2) is 0 Å². The molecule has 1 aromatic rings. The van der Waals surface area contributed by atoms with E-state index in [-0.39, 0.29) is 12.5 Å². The minimum Gasteiger partial charge on any atom is -0.456 e. The number of likely N-dealkylation sites (N-methyl/N-ethyl adjacent to an activating group) is 1. The average Bonchev–Trinajstić information content (AvgIpc) is 2.66. The molecule has 1 aromatic heterocycles. The summed E-state index contributed by atoms with van der Waals surface area (Å²) < 4.78 is 5.48. The Morgan fingerprint density at radius 3 is 2.62 bits per heavy atom. The van der Waals surface area contributed by atoms with E-state index >= 15 is 0 Å². The largest absolute Gasteiger partial charge is 0.456 e. The van der Waals surface area contributed by atoms with E-state index in [4.69, 9.17) is 9.52 Å². The van der Waals surface area contributed by atoms with Crippen LogP contribution in [0.25, 0.3) is 0 Å². The van der Waals surface area contributed by atoms with Gasteiger partial charge >= 0.3 is 0 Å². The molecule has 0 aliphatic rings. The molecule has 0 aliphatic heterocycles. The lowest BCUT2D eigenvalue weighted by atomic mass is 10.2. The Balaban J connectivity index is 2.86. The summed E-state index contributed by atoms with van der Waals surface area (Å²) in [5, 5.41) is 8.85. The minimum absolute atomic E-state index is 0.0279. The Kier molecular flexibility index (Phi) is 4.55. The molecular formula is C12H19NO3. The van der Waals surface area contributed by atoms with Crippen LogP contribution in [0.4, 0.5) is 0 Å². The standard InChI is InChI=1S/C12H19NO3/c1-4-10-9(3)8-11(16-10)12(15)13(5-2)6-7-14/h8,14H,4-7H2,1-3H3. The molecule has 0 saturated heterocycles. The first-order chi connectivity index (χ1) is 7.63. The van der Waals surface area contributed by atoms with Gasteiger partial charge in [0, 0.05) is 19.5 Å². The van der Waals surface area contributed by atoms with Crippen LogP contribution in [0.2, 0.25) is 0 Å². The van der Waals surface area contributed by atoms with E-state index in [1.807, 2.05) is 20.8 Å². The van der Waals surface area contributed by atoms with Gasteiger partial charge in [0.15, 0.2) is 5.76 Å². The van der Waals surface area contributed by atoms with Crippen LogP contribution in [0.1, 0.15) is 35.7 Å². The number of carbonyl (C=O) groups excluding carboxylic acids is 1. The SMILES string of the molecule is CCc1oc(C(=O)N(CC)CCO)cc1C. The Labute approximate surface area is 95.9 Å². The molecule has 90 valence electrons. The molecule has 0 saturated carbocycles. The van der Waals surface area contributed by atoms with Gasteiger partial charge < -0.3 is 14.4 Å². The Bertz CT molecular complexity index is 357. The fraction of sp³-hybridized carbons (Fsp3) is 0.583. The van der Waals surface area contributed by atoms with E-state index in [2.05, 4.69) is 0 Å². The van der Waals surface area contributed by atoms with E-state index in [1.54, 1.807) is 11.0 Å². The second-order valence-electron chi connectivity index (χ2n) is 3.68. The number of hydrogen-bond acceptors (Lipinski definition) is 3. The number of amides is 1. The lowest BCUT2D eigenvalue weighted by Crippen LogP contribution is -2.33. The molecule has 0 aliphatic carbocycles. The van der Waals surface area contributed by atoms with Crippen molar-refractivity contribution in [3.63, 3.8) is 0 Å². The number of aryl methyl sites for hydroxylation is 2. The number of carbonyl (C=O) groups is 1. The monoisotopic (exact) mass is 225 g/mol. The van der Waals surface area contributed by atoms with Gasteiger partial charge in [-0.1, -0.05) is 6.92 Å². The van der Waals surface area contributed by atoms with Crippen LogP contribution in [0.15, 0.2) is 10.5 Å². The summed E-state index contributed by atoms with van der Waals surface area (Å²) in [6, 6.07) is 1.77. The second-order valence-corrected chi connectivity index (χ2v) is 3.68. The van der Waals surface area contributed by atoms with Crippen molar-refractivity contribution >= 4 is 5.91 Å². The van der Waals surface area contributed by atoms with E-state index in [0.29, 0.717) is 18.8 Å². The molecule has 0 bridgehead atoms. The first kappa shape index (κ1) is 12.8. The summed E-state index contributed by atoms with van der Waals surface area (Å²) in [4.78, 5) is 13.5. The molecule has 0 spiro atoms. The first-order valence-corrected chi connectivity index (χ1v) is 5.63. The molecule has 1 N–H and O–H groups in total. The normalized spacial score (nSPS) is 10.5. The minimum atomic E-state index is -0.153. The van der Waals surface area contributed by atoms with Crippen LogP contribution >= 0.6 is 0 Å². The summed E-state index contributed by atoms with van der Waals surface area (Å²) in [5.41, 5.74) is 1.01. The molecule has 0 fully saturated rings. The van der Waals surface area contributed by atoms with Crippen molar-refractivity contribution in [1.82, 2.24) is 4.90 Å². The highest BCUT2D eigenvalue weighted by Crippen LogP contribution is 2.16. The van der Waals surface area contributed by atoms with Crippen molar-refractivity contribution < 1.29 is 14.3 Å². The van der Waals surface area contributed by atoms with Crippen LogP contribution in [-0.4, -0.2) is 35.6 Å². The Hall–Kier alpha value is -1.29. The van der Waals surface area contributed by atoms with Gasteiger partial charge in [-0.3, -0.25) is 4.79 Å². The highest BCUT2D eigenvalue weighted by Gasteiger charge is 2.18. The van der Waals surface area contributed by atoms with Gasteiger partial charge in [-0.15, -0.1) is 0 Å². The number of aliphatic hydroxyl groups excluding tert-OH is 1. The third kappa shape index (κ3) is 2.64. The van der Waals surface area contributed by atoms with Gasteiger partial charge in [-0.2, -0.15) is 0 Å². The number of nitrogens with zero attached hydrogens (tertiary/aromatic N) is 1. The molecule has 0 unspecified atom stereocenters. The molecular weight excluding hydrogens is 206 g/mol. The van der Waals surface area contributed by atoms with Crippen molar-refractivity contribution in [1.29, 1.82) is 0 Å². The fourth-order valence-corrected chi connectivity index (χ4v) is 1.66. The van der Waals surface area contributed by atoms with Crippen molar-refractivity contribution in [2.24, 2.45) is 0 Å². The van der Waals surface area contributed by atoms with Gasteiger partial charge in [0.25, 0.3) is 5.91 Å². The lowest BCUT2D eigenvalue weighted by Gasteiger charge is -2.17. The number of rotatable bonds is 5. The molecule has 16 heavy (non-hydrogen) atoms. The first-order valence-electron chi connectivity index (χ1n) is 5.63. The highest BCUT2D eigenvalue weighted by atomic mass is 16.4. The van der Waals surface area contributed by atoms with E-state index in [1.165, 1.54) is 0 Å². The molecule has 4 nitrogen and oxygen atoms in total. The third-order valence-electron chi connectivity index (χ3n) is 2.59. The molecule has 0 atom stereocenters. The Morgan fingerprint density at radius 1 is 1.50 bits per heavy atom. The van der Waals surface area contributed by atoms with Crippen molar-refractivity contribution in [2.45, 2.75) is 27.2 Å². The van der Waals surface area contributed by atoms with E-state index in [0.717, 1.165) is 17.7 Å². The third-order valence-corrected chi connectivity index (χ3v) is 2.59. The summed E-state index contributed by atoms with van der Waals surface area (Å²) in [6.07, 6.45) is 0.783. The van der Waals surface area contributed by atoms with E-state index in [9.17, 15) is 4.79 Å². The molecule has 4 heteroatoms. The number of aliphatic hydroxyl groups is 1. The quantitative estimate of drug-likeness (QED) is 0.828. The number of hydrogen-bond donors (Lipinski definition) is 1. The van der Waals surface area contributed by atoms with E-state index < -0.39 is 0 Å². The lowest BCUT2D eigenvalue weighted by molar-refractivity contribution is 0.0698. The topological polar surface area (TPSA) is 53.7 Å². The zero-order chi connectivity index (χ0) is 12.1. The van der Waals surface area contributed by atoms with Gasteiger partial charge in [0.2, 0.25) is 0 Å². The smallest absolute Gasteiger partial charge is 0.289 e. The molecule has 1 amide bonds. The van der Waals surface area contributed by atoms with Crippen molar-refractivity contribution in [3.05, 3.63) is 23.2 Å².